The van der Waals surface area contributed by atoms with Gasteiger partial charge in [-0.3, -0.25) is 0 Å². The fraction of sp³-hybridized carbons (Fsp3) is 0.227. The van der Waals surface area contributed by atoms with Crippen molar-refractivity contribution in [2.24, 2.45) is 0 Å². The zero-order chi connectivity index (χ0) is 20.4. The number of aryl methyl sites for hydroxylation is 1. The second-order valence-corrected chi connectivity index (χ2v) is 7.78. The van der Waals surface area contributed by atoms with Crippen LogP contribution in [0.4, 0.5) is 5.82 Å². The van der Waals surface area contributed by atoms with Crippen LogP contribution in [0.3, 0.4) is 0 Å². The molecule has 2 aromatic carbocycles. The Morgan fingerprint density at radius 1 is 0.966 bits per heavy atom. The number of anilines is 1. The molecule has 2 aromatic heterocycles. The Labute approximate surface area is 173 Å². The first-order valence-electron chi connectivity index (χ1n) is 9.18. The Bertz CT molecular complexity index is 1160. The van der Waals surface area contributed by atoms with Crippen LogP contribution in [0.2, 0.25) is 0 Å². The Kier molecular flexibility index (Phi) is 5.31. The maximum atomic E-state index is 5.45. The smallest absolute Gasteiger partial charge is 0.161 e. The molecule has 0 aliphatic rings. The molecule has 0 aliphatic heterocycles. The number of fused-ring (bicyclic) bond motifs is 1. The minimum atomic E-state index is 0.692. The summed E-state index contributed by atoms with van der Waals surface area (Å²) < 4.78 is 10.8. The lowest BCUT2D eigenvalue weighted by Crippen LogP contribution is -2.18. The van der Waals surface area contributed by atoms with Gasteiger partial charge >= 0.3 is 0 Å². The van der Waals surface area contributed by atoms with Gasteiger partial charge in [0.2, 0.25) is 0 Å². The van der Waals surface area contributed by atoms with Gasteiger partial charge in [0.25, 0.3) is 0 Å². The molecule has 29 heavy (non-hydrogen) atoms. The highest BCUT2D eigenvalue weighted by atomic mass is 32.1. The van der Waals surface area contributed by atoms with E-state index < -0.39 is 0 Å². The normalized spacial score (nSPS) is 10.9. The van der Waals surface area contributed by atoms with Crippen molar-refractivity contribution in [3.8, 4) is 22.6 Å². The van der Waals surface area contributed by atoms with E-state index in [0.717, 1.165) is 38.5 Å². The number of nitrogens with zero attached hydrogens (tertiary/aromatic N) is 4. The van der Waals surface area contributed by atoms with Crippen LogP contribution in [-0.2, 0) is 6.54 Å². The Morgan fingerprint density at radius 3 is 2.45 bits per heavy atom. The monoisotopic (exact) mass is 406 g/mol. The number of methoxy groups -OCH3 is 2. The standard InChI is InChI=1S/C22H22N4O2S/c1-14-25-17(12-29-14)11-26(2)22-18-9-15(5-7-19(18)23-13-24-22)16-6-8-20(27-3)21(10-16)28-4/h5-10,12-13H,11H2,1-4H3. The van der Waals surface area contributed by atoms with Gasteiger partial charge in [0.05, 0.1) is 37.0 Å². The van der Waals surface area contributed by atoms with Gasteiger partial charge in [0, 0.05) is 17.8 Å². The first kappa shape index (κ1) is 19.1. The molecule has 4 aromatic rings. The summed E-state index contributed by atoms with van der Waals surface area (Å²) in [4.78, 5) is 15.7. The molecule has 6 nitrogen and oxygen atoms in total. The van der Waals surface area contributed by atoms with Crippen LogP contribution in [0.15, 0.2) is 48.1 Å². The van der Waals surface area contributed by atoms with E-state index in [9.17, 15) is 0 Å². The average molecular weight is 407 g/mol. The lowest BCUT2D eigenvalue weighted by Gasteiger charge is -2.19. The minimum absolute atomic E-state index is 0.692. The SMILES string of the molecule is COc1ccc(-c2ccc3ncnc(N(C)Cc4csc(C)n4)c3c2)cc1OC. The number of hydrogen-bond donors (Lipinski definition) is 0. The van der Waals surface area contributed by atoms with E-state index in [1.807, 2.05) is 38.2 Å². The molecule has 0 atom stereocenters. The van der Waals surface area contributed by atoms with Crippen molar-refractivity contribution >= 4 is 28.1 Å². The van der Waals surface area contributed by atoms with E-state index in [1.54, 1.807) is 31.9 Å². The van der Waals surface area contributed by atoms with Crippen LogP contribution in [0.25, 0.3) is 22.0 Å². The molecule has 0 fully saturated rings. The third-order valence-corrected chi connectivity index (χ3v) is 5.58. The van der Waals surface area contributed by atoms with Crippen molar-refractivity contribution in [2.45, 2.75) is 13.5 Å². The van der Waals surface area contributed by atoms with E-state index in [4.69, 9.17) is 9.47 Å². The van der Waals surface area contributed by atoms with E-state index in [2.05, 4.69) is 37.4 Å². The van der Waals surface area contributed by atoms with Crippen LogP contribution >= 0.6 is 11.3 Å². The molecule has 0 unspecified atom stereocenters. The molecular formula is C22H22N4O2S. The summed E-state index contributed by atoms with van der Waals surface area (Å²) >= 11 is 1.66. The van der Waals surface area contributed by atoms with E-state index in [-0.39, 0.29) is 0 Å². The largest absolute Gasteiger partial charge is 0.493 e. The first-order valence-corrected chi connectivity index (χ1v) is 10.1. The molecular weight excluding hydrogens is 384 g/mol. The molecule has 0 radical (unpaired) electrons. The lowest BCUT2D eigenvalue weighted by atomic mass is 10.0. The van der Waals surface area contributed by atoms with E-state index >= 15 is 0 Å². The summed E-state index contributed by atoms with van der Waals surface area (Å²) in [5, 5.41) is 4.15. The topological polar surface area (TPSA) is 60.4 Å². The number of aromatic nitrogens is 3. The van der Waals surface area contributed by atoms with Gasteiger partial charge in [-0.2, -0.15) is 0 Å². The molecule has 0 saturated heterocycles. The maximum absolute atomic E-state index is 5.45. The third-order valence-electron chi connectivity index (χ3n) is 4.76. The van der Waals surface area contributed by atoms with E-state index in [1.165, 1.54) is 0 Å². The van der Waals surface area contributed by atoms with Gasteiger partial charge in [0.15, 0.2) is 11.5 Å². The summed E-state index contributed by atoms with van der Waals surface area (Å²) in [5.74, 6) is 2.29. The molecule has 0 bridgehead atoms. The summed E-state index contributed by atoms with van der Waals surface area (Å²) in [6.45, 7) is 2.71. The van der Waals surface area contributed by atoms with Crippen molar-refractivity contribution in [1.29, 1.82) is 0 Å². The highest BCUT2D eigenvalue weighted by Gasteiger charge is 2.13. The van der Waals surface area contributed by atoms with Crippen molar-refractivity contribution < 1.29 is 9.47 Å². The summed E-state index contributed by atoms with van der Waals surface area (Å²) in [5.41, 5.74) is 4.04. The maximum Gasteiger partial charge on any atom is 0.161 e. The fourth-order valence-electron chi connectivity index (χ4n) is 3.34. The van der Waals surface area contributed by atoms with Crippen molar-refractivity contribution in [3.63, 3.8) is 0 Å². The van der Waals surface area contributed by atoms with Gasteiger partial charge in [-0.25, -0.2) is 15.0 Å². The minimum Gasteiger partial charge on any atom is -0.493 e. The van der Waals surface area contributed by atoms with Gasteiger partial charge in [-0.1, -0.05) is 12.1 Å². The van der Waals surface area contributed by atoms with Crippen LogP contribution in [0, 0.1) is 6.92 Å². The fourth-order valence-corrected chi connectivity index (χ4v) is 3.95. The molecule has 0 saturated carbocycles. The first-order chi connectivity index (χ1) is 14.1. The number of benzene rings is 2. The van der Waals surface area contributed by atoms with Gasteiger partial charge < -0.3 is 14.4 Å². The quantitative estimate of drug-likeness (QED) is 0.462. The predicted octanol–water partition coefficient (Wildman–Crippen LogP) is 4.72. The van der Waals surface area contributed by atoms with Crippen LogP contribution in [0.5, 0.6) is 11.5 Å². The molecule has 0 N–H and O–H groups in total. The lowest BCUT2D eigenvalue weighted by molar-refractivity contribution is 0.355. The number of rotatable bonds is 6. The second kappa shape index (κ2) is 8.05. The second-order valence-electron chi connectivity index (χ2n) is 6.71. The highest BCUT2D eigenvalue weighted by molar-refractivity contribution is 7.09. The van der Waals surface area contributed by atoms with Crippen molar-refractivity contribution in [3.05, 3.63) is 58.8 Å². The molecule has 0 amide bonds. The van der Waals surface area contributed by atoms with Gasteiger partial charge in [0.1, 0.15) is 12.1 Å². The number of hydrogen-bond acceptors (Lipinski definition) is 7. The number of ether oxygens (including phenoxy) is 2. The van der Waals surface area contributed by atoms with Gasteiger partial charge in [-0.15, -0.1) is 11.3 Å². The zero-order valence-corrected chi connectivity index (χ0v) is 17.7. The average Bonchev–Trinajstić information content (AvgIpc) is 3.16. The van der Waals surface area contributed by atoms with Crippen molar-refractivity contribution in [1.82, 2.24) is 15.0 Å². The third kappa shape index (κ3) is 3.86. The summed E-state index contributed by atoms with van der Waals surface area (Å²) in [6.07, 6.45) is 1.61. The summed E-state index contributed by atoms with van der Waals surface area (Å²) in [7, 11) is 5.31. The molecule has 2 heterocycles. The Morgan fingerprint density at radius 2 is 1.72 bits per heavy atom. The van der Waals surface area contributed by atoms with Gasteiger partial charge in [-0.05, 0) is 42.3 Å². The zero-order valence-electron chi connectivity index (χ0n) is 16.8. The summed E-state index contributed by atoms with van der Waals surface area (Å²) in [6, 6.07) is 12.1. The molecule has 0 spiro atoms. The molecule has 7 heteroatoms. The molecule has 0 aliphatic carbocycles. The van der Waals surface area contributed by atoms with E-state index in [0.29, 0.717) is 18.0 Å². The number of thiazole rings is 1. The molecule has 148 valence electrons. The Balaban J connectivity index is 1.74. The van der Waals surface area contributed by atoms with Crippen LogP contribution < -0.4 is 14.4 Å². The predicted molar refractivity (Wildman–Crippen MR) is 117 cm³/mol. The highest BCUT2D eigenvalue weighted by Crippen LogP contribution is 2.34. The van der Waals surface area contributed by atoms with Crippen LogP contribution in [-0.4, -0.2) is 36.2 Å². The van der Waals surface area contributed by atoms with Crippen LogP contribution in [0.1, 0.15) is 10.7 Å². The van der Waals surface area contributed by atoms with Crippen molar-refractivity contribution in [2.75, 3.05) is 26.2 Å². The molecule has 4 rings (SSSR count). The Hall–Kier alpha value is -3.19.